The number of hydrogen-bond donors (Lipinski definition) is 2. The van der Waals surface area contributed by atoms with E-state index in [2.05, 4.69) is 17.4 Å². The minimum atomic E-state index is -1.16. The van der Waals surface area contributed by atoms with E-state index < -0.39 is 11.5 Å². The van der Waals surface area contributed by atoms with Crippen molar-refractivity contribution in [1.82, 2.24) is 5.32 Å². The summed E-state index contributed by atoms with van der Waals surface area (Å²) in [6.45, 7) is 0.748. The molecule has 0 unspecified atom stereocenters. The smallest absolute Gasteiger partial charge is 0.329 e. The number of carboxylic acid groups (broad SMARTS) is 1. The maximum Gasteiger partial charge on any atom is 0.329 e. The number of nitrogens with one attached hydrogen (secondary N) is 1. The number of amides is 1. The third-order valence-corrected chi connectivity index (χ3v) is 4.82. The fraction of sp³-hybridized carbons (Fsp3) is 0.529. The Hall–Kier alpha value is -1.88. The molecule has 1 fully saturated rings. The molecule has 3 rings (SSSR count). The van der Waals surface area contributed by atoms with Gasteiger partial charge in [-0.25, -0.2) is 4.79 Å². The van der Waals surface area contributed by atoms with Crippen molar-refractivity contribution >= 4 is 11.9 Å². The maximum absolute atomic E-state index is 12.4. The highest BCUT2D eigenvalue weighted by atomic mass is 16.5. The summed E-state index contributed by atoms with van der Waals surface area (Å²) in [6.07, 6.45) is 2.96. The predicted molar refractivity (Wildman–Crippen MR) is 80.7 cm³/mol. The van der Waals surface area contributed by atoms with Crippen LogP contribution >= 0.6 is 0 Å². The minimum Gasteiger partial charge on any atom is -0.480 e. The summed E-state index contributed by atoms with van der Waals surface area (Å²) in [4.78, 5) is 23.9. The number of carbonyl (C=O) groups excluding carboxylic acids is 1. The summed E-state index contributed by atoms with van der Waals surface area (Å²) >= 11 is 0. The quantitative estimate of drug-likeness (QED) is 0.890. The van der Waals surface area contributed by atoms with Crippen molar-refractivity contribution in [3.05, 3.63) is 35.4 Å². The first-order chi connectivity index (χ1) is 10.6. The van der Waals surface area contributed by atoms with Gasteiger partial charge in [-0.1, -0.05) is 24.3 Å². The predicted octanol–water partition coefficient (Wildman–Crippen LogP) is 1.86. The second kappa shape index (κ2) is 6.08. The van der Waals surface area contributed by atoms with E-state index in [1.165, 1.54) is 11.1 Å². The van der Waals surface area contributed by atoms with Crippen molar-refractivity contribution in [3.8, 4) is 0 Å². The van der Waals surface area contributed by atoms with Crippen molar-refractivity contribution in [3.63, 3.8) is 0 Å². The molecule has 1 aliphatic carbocycles. The third kappa shape index (κ3) is 2.86. The van der Waals surface area contributed by atoms with Crippen LogP contribution in [0, 0.1) is 0 Å². The number of carbonyl (C=O) groups is 2. The molecule has 2 N–H and O–H groups in total. The summed E-state index contributed by atoms with van der Waals surface area (Å²) in [6, 6.07) is 8.18. The Morgan fingerprint density at radius 3 is 2.73 bits per heavy atom. The van der Waals surface area contributed by atoms with Crippen LogP contribution in [0.25, 0.3) is 0 Å². The normalized spacial score (nSPS) is 22.8. The maximum atomic E-state index is 12.4. The lowest BCUT2D eigenvalue weighted by Gasteiger charge is -2.34. The lowest BCUT2D eigenvalue weighted by atomic mass is 9.89. The second-order valence-corrected chi connectivity index (χ2v) is 6.19. The van der Waals surface area contributed by atoms with Crippen LogP contribution < -0.4 is 5.32 Å². The molecule has 5 heteroatoms. The fourth-order valence-electron chi connectivity index (χ4n) is 3.51. The second-order valence-electron chi connectivity index (χ2n) is 6.19. The summed E-state index contributed by atoms with van der Waals surface area (Å²) in [5.41, 5.74) is 1.38. The van der Waals surface area contributed by atoms with E-state index >= 15 is 0 Å². The third-order valence-electron chi connectivity index (χ3n) is 4.82. The van der Waals surface area contributed by atoms with Gasteiger partial charge in [0.05, 0.1) is 0 Å². The van der Waals surface area contributed by atoms with Crippen LogP contribution in [-0.4, -0.2) is 35.7 Å². The highest BCUT2D eigenvalue weighted by molar-refractivity contribution is 5.87. The first-order valence-corrected chi connectivity index (χ1v) is 7.81. The zero-order valence-electron chi connectivity index (χ0n) is 12.5. The van der Waals surface area contributed by atoms with Gasteiger partial charge in [0.25, 0.3) is 0 Å². The number of aliphatic carboxylic acids is 1. The summed E-state index contributed by atoms with van der Waals surface area (Å²) in [5.74, 6) is -0.941. The molecule has 1 heterocycles. The van der Waals surface area contributed by atoms with Crippen LogP contribution in [0.5, 0.6) is 0 Å². The minimum absolute atomic E-state index is 0.175. The van der Waals surface area contributed by atoms with Crippen molar-refractivity contribution in [1.29, 1.82) is 0 Å². The number of aryl methyl sites for hydroxylation is 1. The van der Waals surface area contributed by atoms with E-state index in [0.29, 0.717) is 32.5 Å². The van der Waals surface area contributed by atoms with Crippen LogP contribution in [0.2, 0.25) is 0 Å². The number of carboxylic acids is 1. The van der Waals surface area contributed by atoms with Crippen LogP contribution in [0.4, 0.5) is 0 Å². The summed E-state index contributed by atoms with van der Waals surface area (Å²) in [7, 11) is 0. The first-order valence-electron chi connectivity index (χ1n) is 7.81. The molecule has 0 bridgehead atoms. The summed E-state index contributed by atoms with van der Waals surface area (Å²) < 4.78 is 5.22. The molecule has 0 spiro atoms. The van der Waals surface area contributed by atoms with Crippen molar-refractivity contribution in [2.45, 2.75) is 43.6 Å². The van der Waals surface area contributed by atoms with E-state index in [1.54, 1.807) is 0 Å². The van der Waals surface area contributed by atoms with Crippen LogP contribution in [0.1, 0.15) is 42.7 Å². The molecule has 1 atom stereocenters. The van der Waals surface area contributed by atoms with Crippen molar-refractivity contribution in [2.24, 2.45) is 0 Å². The number of ether oxygens (including phenoxy) is 1. The Bertz CT molecular complexity index is 578. The van der Waals surface area contributed by atoms with Crippen LogP contribution in [-0.2, 0) is 20.7 Å². The van der Waals surface area contributed by atoms with Gasteiger partial charge in [-0.3, -0.25) is 4.79 Å². The zero-order chi connectivity index (χ0) is 15.6. The molecule has 0 aromatic heterocycles. The van der Waals surface area contributed by atoms with Gasteiger partial charge >= 0.3 is 5.97 Å². The van der Waals surface area contributed by atoms with Gasteiger partial charge < -0.3 is 15.2 Å². The molecular weight excluding hydrogens is 282 g/mol. The first kappa shape index (κ1) is 15.0. The molecule has 0 radical (unpaired) electrons. The van der Waals surface area contributed by atoms with E-state index in [-0.39, 0.29) is 11.8 Å². The Morgan fingerprint density at radius 2 is 2.00 bits per heavy atom. The molecule has 1 amide bonds. The SMILES string of the molecule is O=C(C[C@@H]1CCc2ccccc21)NC1(C(=O)O)CCOCC1. The number of hydrogen-bond acceptors (Lipinski definition) is 3. The Balaban J connectivity index is 1.66. The molecular formula is C17H21NO4. The average Bonchev–Trinajstić information content (AvgIpc) is 2.91. The highest BCUT2D eigenvalue weighted by Crippen LogP contribution is 2.35. The molecule has 1 aliphatic heterocycles. The van der Waals surface area contributed by atoms with Gasteiger partial charge in [0.2, 0.25) is 5.91 Å². The molecule has 118 valence electrons. The number of rotatable bonds is 4. The molecule has 1 aromatic carbocycles. The number of benzene rings is 1. The lowest BCUT2D eigenvalue weighted by molar-refractivity contribution is -0.152. The zero-order valence-corrected chi connectivity index (χ0v) is 12.5. The van der Waals surface area contributed by atoms with Crippen LogP contribution in [0.15, 0.2) is 24.3 Å². The van der Waals surface area contributed by atoms with Gasteiger partial charge in [0, 0.05) is 32.5 Å². The molecule has 2 aliphatic rings. The Morgan fingerprint density at radius 1 is 1.27 bits per heavy atom. The summed E-state index contributed by atoms with van der Waals surface area (Å²) in [5, 5.41) is 12.3. The number of fused-ring (bicyclic) bond motifs is 1. The average molecular weight is 303 g/mol. The van der Waals surface area contributed by atoms with E-state index in [1.807, 2.05) is 12.1 Å². The molecule has 5 nitrogen and oxygen atoms in total. The fourth-order valence-corrected chi connectivity index (χ4v) is 3.51. The van der Waals surface area contributed by atoms with Gasteiger partial charge in [-0.05, 0) is 29.9 Å². The topological polar surface area (TPSA) is 75.6 Å². The monoisotopic (exact) mass is 303 g/mol. The van der Waals surface area contributed by atoms with Crippen LogP contribution in [0.3, 0.4) is 0 Å². The van der Waals surface area contributed by atoms with E-state index in [9.17, 15) is 14.7 Å². The van der Waals surface area contributed by atoms with Crippen molar-refractivity contribution in [2.75, 3.05) is 13.2 Å². The largest absolute Gasteiger partial charge is 0.480 e. The Labute approximate surface area is 129 Å². The van der Waals surface area contributed by atoms with E-state index in [0.717, 1.165) is 12.8 Å². The van der Waals surface area contributed by atoms with E-state index in [4.69, 9.17) is 4.74 Å². The Kier molecular flexibility index (Phi) is 4.16. The lowest BCUT2D eigenvalue weighted by Crippen LogP contribution is -2.57. The molecule has 1 saturated heterocycles. The van der Waals surface area contributed by atoms with Gasteiger partial charge in [-0.15, -0.1) is 0 Å². The standard InChI is InChI=1S/C17H21NO4/c19-15(18-17(16(20)21)7-9-22-10-8-17)11-13-6-5-12-3-1-2-4-14(12)13/h1-4,13H,5-11H2,(H,18,19)(H,20,21)/t13-/m0/s1. The molecule has 1 aromatic rings. The molecule has 22 heavy (non-hydrogen) atoms. The highest BCUT2D eigenvalue weighted by Gasteiger charge is 2.42. The van der Waals surface area contributed by atoms with Crippen molar-refractivity contribution < 1.29 is 19.4 Å². The van der Waals surface area contributed by atoms with Gasteiger partial charge in [0.1, 0.15) is 5.54 Å². The van der Waals surface area contributed by atoms with Gasteiger partial charge in [0.15, 0.2) is 0 Å². The van der Waals surface area contributed by atoms with Gasteiger partial charge in [-0.2, -0.15) is 0 Å². The molecule has 0 saturated carbocycles.